The first-order valence-corrected chi connectivity index (χ1v) is 6.47. The Morgan fingerprint density at radius 3 is 2.55 bits per heavy atom. The summed E-state index contributed by atoms with van der Waals surface area (Å²) >= 11 is 0. The number of carbonyl (C=O) groups is 2. The van der Waals surface area contributed by atoms with Gasteiger partial charge in [0.25, 0.3) is 0 Å². The van der Waals surface area contributed by atoms with E-state index in [1.165, 1.54) is 13.8 Å². The minimum Gasteiger partial charge on any atom is -0.481 e. The van der Waals surface area contributed by atoms with Gasteiger partial charge in [-0.05, 0) is 31.9 Å². The van der Waals surface area contributed by atoms with Crippen molar-refractivity contribution in [1.82, 2.24) is 0 Å². The van der Waals surface area contributed by atoms with Crippen molar-refractivity contribution in [2.45, 2.75) is 26.7 Å². The number of nitrogens with one attached hydrogen (secondary N) is 1. The molecule has 0 atom stereocenters. The smallest absolute Gasteiger partial charge is 0.309 e. The lowest BCUT2D eigenvalue weighted by atomic mass is 9.89. The van der Waals surface area contributed by atoms with Crippen LogP contribution in [0.5, 0.6) is 0 Å². The summed E-state index contributed by atoms with van der Waals surface area (Å²) in [5.74, 6) is -1.29. The second-order valence-corrected chi connectivity index (χ2v) is 5.31. The third-order valence-corrected chi connectivity index (χ3v) is 3.05. The second-order valence-electron chi connectivity index (χ2n) is 5.31. The molecule has 0 saturated carbocycles. The maximum Gasteiger partial charge on any atom is 0.309 e. The summed E-state index contributed by atoms with van der Waals surface area (Å²) in [4.78, 5) is 23.0. The molecule has 0 aliphatic heterocycles. The van der Waals surface area contributed by atoms with Crippen molar-refractivity contribution in [3.63, 3.8) is 0 Å². The molecule has 1 aromatic rings. The number of amides is 1. The zero-order chi connectivity index (χ0) is 15.2. The van der Waals surface area contributed by atoms with Gasteiger partial charge in [-0.25, -0.2) is 0 Å². The molecule has 5 heteroatoms. The fourth-order valence-electron chi connectivity index (χ4n) is 1.74. The molecular weight excluding hydrogens is 258 g/mol. The van der Waals surface area contributed by atoms with Gasteiger partial charge >= 0.3 is 5.97 Å². The Morgan fingerprint density at radius 1 is 1.30 bits per heavy atom. The molecule has 110 valence electrons. The van der Waals surface area contributed by atoms with E-state index in [1.807, 2.05) is 18.2 Å². The zero-order valence-electron chi connectivity index (χ0n) is 12.1. The lowest BCUT2D eigenvalue weighted by Gasteiger charge is -2.19. The molecule has 0 saturated heterocycles. The number of hydrogen-bond acceptors (Lipinski definition) is 3. The van der Waals surface area contributed by atoms with Crippen molar-refractivity contribution in [3.05, 3.63) is 29.8 Å². The highest BCUT2D eigenvalue weighted by molar-refractivity contribution is 5.94. The highest BCUT2D eigenvalue weighted by Crippen LogP contribution is 2.22. The minimum absolute atomic E-state index is 0.0685. The van der Waals surface area contributed by atoms with E-state index in [1.54, 1.807) is 13.2 Å². The van der Waals surface area contributed by atoms with Crippen LogP contribution in [0.15, 0.2) is 24.3 Å². The van der Waals surface area contributed by atoms with Crippen molar-refractivity contribution >= 4 is 17.6 Å². The maximum atomic E-state index is 12.0. The van der Waals surface area contributed by atoms with Crippen molar-refractivity contribution in [2.24, 2.45) is 5.41 Å². The Hall–Kier alpha value is -1.88. The molecule has 0 aliphatic carbocycles. The van der Waals surface area contributed by atoms with Gasteiger partial charge in [-0.2, -0.15) is 0 Å². The number of ether oxygens (including phenoxy) is 1. The number of hydrogen-bond donors (Lipinski definition) is 2. The van der Waals surface area contributed by atoms with Crippen LogP contribution in [0, 0.1) is 5.41 Å². The van der Waals surface area contributed by atoms with Gasteiger partial charge < -0.3 is 15.2 Å². The molecular formula is C15H21NO4. The second kappa shape index (κ2) is 7.05. The summed E-state index contributed by atoms with van der Waals surface area (Å²) in [6, 6.07) is 7.43. The van der Waals surface area contributed by atoms with Crippen molar-refractivity contribution < 1.29 is 19.4 Å². The van der Waals surface area contributed by atoms with E-state index in [9.17, 15) is 9.59 Å². The summed E-state index contributed by atoms with van der Waals surface area (Å²) in [5, 5.41) is 11.8. The van der Waals surface area contributed by atoms with E-state index in [0.717, 1.165) is 5.56 Å². The predicted molar refractivity (Wildman–Crippen MR) is 76.7 cm³/mol. The summed E-state index contributed by atoms with van der Waals surface area (Å²) in [6.45, 7) is 3.63. The van der Waals surface area contributed by atoms with E-state index in [4.69, 9.17) is 9.84 Å². The molecule has 0 fully saturated rings. The third-order valence-electron chi connectivity index (χ3n) is 3.05. The Labute approximate surface area is 118 Å². The van der Waals surface area contributed by atoms with E-state index in [-0.39, 0.29) is 12.3 Å². The molecule has 20 heavy (non-hydrogen) atoms. The van der Waals surface area contributed by atoms with Crippen LogP contribution in [-0.4, -0.2) is 30.7 Å². The Morgan fingerprint density at radius 2 is 1.95 bits per heavy atom. The van der Waals surface area contributed by atoms with Gasteiger partial charge in [0.15, 0.2) is 0 Å². The average molecular weight is 279 g/mol. The third kappa shape index (κ3) is 4.66. The molecule has 1 rings (SSSR count). The molecule has 0 bridgehead atoms. The van der Waals surface area contributed by atoms with Crippen LogP contribution in [0.1, 0.15) is 25.8 Å². The molecule has 1 amide bonds. The molecule has 1 aromatic carbocycles. The van der Waals surface area contributed by atoms with Crippen molar-refractivity contribution in [3.8, 4) is 0 Å². The van der Waals surface area contributed by atoms with Gasteiger partial charge in [0.1, 0.15) is 0 Å². The lowest BCUT2D eigenvalue weighted by Crippen LogP contribution is -2.29. The Bertz CT molecular complexity index is 483. The zero-order valence-corrected chi connectivity index (χ0v) is 12.1. The monoisotopic (exact) mass is 279 g/mol. The normalized spacial score (nSPS) is 11.2. The van der Waals surface area contributed by atoms with Crippen LogP contribution in [0.25, 0.3) is 0 Å². The summed E-state index contributed by atoms with van der Waals surface area (Å²) < 4.78 is 5.03. The topological polar surface area (TPSA) is 75.6 Å². The Balaban J connectivity index is 2.73. The number of rotatable bonds is 7. The molecule has 2 N–H and O–H groups in total. The molecule has 0 radical (unpaired) electrons. The van der Waals surface area contributed by atoms with E-state index >= 15 is 0 Å². The van der Waals surface area contributed by atoms with Crippen LogP contribution in [0.4, 0.5) is 5.69 Å². The number of carbonyl (C=O) groups excluding carboxylic acids is 1. The predicted octanol–water partition coefficient (Wildman–Crippen LogP) is 2.31. The van der Waals surface area contributed by atoms with Gasteiger partial charge in [0.05, 0.1) is 12.0 Å². The molecule has 0 heterocycles. The van der Waals surface area contributed by atoms with E-state index < -0.39 is 11.4 Å². The number of benzene rings is 1. The van der Waals surface area contributed by atoms with E-state index in [2.05, 4.69) is 5.32 Å². The lowest BCUT2D eigenvalue weighted by molar-refractivity contribution is -0.148. The fraction of sp³-hybridized carbons (Fsp3) is 0.467. The standard InChI is InChI=1S/C15H21NO4/c1-15(2,14(18)19)10-13(17)16-12-7-5-4-6-11(12)8-9-20-3/h4-7H,8-10H2,1-3H3,(H,16,17)(H,18,19). The van der Waals surface area contributed by atoms with E-state index in [0.29, 0.717) is 18.7 Å². The molecule has 0 aliphatic rings. The van der Waals surface area contributed by atoms with Gasteiger partial charge in [0, 0.05) is 19.2 Å². The minimum atomic E-state index is -1.08. The van der Waals surface area contributed by atoms with Crippen molar-refractivity contribution in [2.75, 3.05) is 19.0 Å². The number of methoxy groups -OCH3 is 1. The first-order valence-electron chi connectivity index (χ1n) is 6.47. The maximum absolute atomic E-state index is 12.0. The SMILES string of the molecule is COCCc1ccccc1NC(=O)CC(C)(C)C(=O)O. The van der Waals surface area contributed by atoms with Gasteiger partial charge in [-0.15, -0.1) is 0 Å². The first kappa shape index (κ1) is 16.2. The van der Waals surface area contributed by atoms with Crippen LogP contribution < -0.4 is 5.32 Å². The number of carboxylic acids is 1. The van der Waals surface area contributed by atoms with Crippen LogP contribution in [0.3, 0.4) is 0 Å². The number of para-hydroxylation sites is 1. The summed E-state index contributed by atoms with van der Waals surface area (Å²) in [6.07, 6.45) is 0.621. The molecule has 0 aromatic heterocycles. The molecule has 0 spiro atoms. The first-order chi connectivity index (χ1) is 9.36. The largest absolute Gasteiger partial charge is 0.481 e. The highest BCUT2D eigenvalue weighted by Gasteiger charge is 2.30. The highest BCUT2D eigenvalue weighted by atomic mass is 16.5. The van der Waals surface area contributed by atoms with Gasteiger partial charge in [-0.3, -0.25) is 9.59 Å². The van der Waals surface area contributed by atoms with Gasteiger partial charge in [0.2, 0.25) is 5.91 Å². The Kier molecular flexibility index (Phi) is 5.70. The van der Waals surface area contributed by atoms with Crippen LogP contribution in [0.2, 0.25) is 0 Å². The van der Waals surface area contributed by atoms with Crippen LogP contribution in [-0.2, 0) is 20.7 Å². The summed E-state index contributed by atoms with van der Waals surface area (Å²) in [7, 11) is 1.62. The summed E-state index contributed by atoms with van der Waals surface area (Å²) in [5.41, 5.74) is 0.595. The number of anilines is 1. The molecule has 5 nitrogen and oxygen atoms in total. The fourth-order valence-corrected chi connectivity index (χ4v) is 1.74. The molecule has 0 unspecified atom stereocenters. The van der Waals surface area contributed by atoms with Gasteiger partial charge in [-0.1, -0.05) is 18.2 Å². The van der Waals surface area contributed by atoms with Crippen molar-refractivity contribution in [1.29, 1.82) is 0 Å². The average Bonchev–Trinajstić information content (AvgIpc) is 2.36. The number of aliphatic carboxylic acids is 1. The van der Waals surface area contributed by atoms with Crippen LogP contribution >= 0.6 is 0 Å². The number of carboxylic acid groups (broad SMARTS) is 1. The quantitative estimate of drug-likeness (QED) is 0.803.